The Hall–Kier alpha value is -4.45. The van der Waals surface area contributed by atoms with Crippen LogP contribution in [-0.4, -0.2) is 88.2 Å². The van der Waals surface area contributed by atoms with E-state index in [2.05, 4.69) is 9.72 Å². The smallest absolute Gasteiger partial charge is 0.417 e. The molecule has 0 aliphatic carbocycles. The van der Waals surface area contributed by atoms with Crippen molar-refractivity contribution < 1.29 is 58.9 Å². The van der Waals surface area contributed by atoms with Crippen molar-refractivity contribution in [2.45, 2.75) is 44.1 Å². The van der Waals surface area contributed by atoms with Gasteiger partial charge in [0.05, 0.1) is 23.5 Å². The maximum atomic E-state index is 14.5. The second-order valence-corrected chi connectivity index (χ2v) is 13.7. The fourth-order valence-corrected chi connectivity index (χ4v) is 6.19. The molecule has 2 heterocycles. The van der Waals surface area contributed by atoms with Crippen molar-refractivity contribution in [2.24, 2.45) is 0 Å². The van der Waals surface area contributed by atoms with E-state index in [1.807, 2.05) is 0 Å². The molecule has 3 aromatic rings. The minimum atomic E-state index is -4.97. The molecule has 0 radical (unpaired) electrons. The van der Waals surface area contributed by atoms with Crippen molar-refractivity contribution >= 4 is 27.5 Å². The number of nitrogens with zero attached hydrogens (tertiary/aromatic N) is 4. The summed E-state index contributed by atoms with van der Waals surface area (Å²) in [6, 6.07) is 7.45. The lowest BCUT2D eigenvalue weighted by Gasteiger charge is -2.38. The summed E-state index contributed by atoms with van der Waals surface area (Å²) in [5, 5.41) is 9.20. The fourth-order valence-electron chi connectivity index (χ4n) is 4.88. The lowest BCUT2D eigenvalue weighted by atomic mass is 10.0. The molecule has 0 atom stereocenters. The third-order valence-electron chi connectivity index (χ3n) is 7.13. The minimum Gasteiger partial charge on any atom is -0.474 e. The number of anilines is 2. The van der Waals surface area contributed by atoms with Gasteiger partial charge in [0.1, 0.15) is 23.8 Å². The zero-order valence-electron chi connectivity index (χ0n) is 26.8. The molecule has 49 heavy (non-hydrogen) atoms. The van der Waals surface area contributed by atoms with Crippen molar-refractivity contribution in [3.8, 4) is 22.8 Å². The number of rotatable bonds is 10. The largest absolute Gasteiger partial charge is 0.474 e. The van der Waals surface area contributed by atoms with Gasteiger partial charge < -0.3 is 29.1 Å². The molecule has 4 rings (SSSR count). The zero-order valence-corrected chi connectivity index (χ0v) is 27.6. The molecule has 11 nitrogen and oxygen atoms in total. The molecule has 1 aliphatic rings. The molecule has 268 valence electrons. The van der Waals surface area contributed by atoms with E-state index in [-0.39, 0.29) is 48.7 Å². The highest BCUT2D eigenvalue weighted by Gasteiger charge is 2.37. The van der Waals surface area contributed by atoms with E-state index in [9.17, 15) is 44.7 Å². The number of halogens is 6. The van der Waals surface area contributed by atoms with Gasteiger partial charge in [-0.2, -0.15) is 22.0 Å². The molecule has 1 saturated heterocycles. The van der Waals surface area contributed by atoms with Crippen LogP contribution in [-0.2, 0) is 20.9 Å². The molecule has 2 aromatic carbocycles. The Morgan fingerprint density at radius 3 is 2.29 bits per heavy atom. The summed E-state index contributed by atoms with van der Waals surface area (Å²) < 4.78 is 125. The maximum absolute atomic E-state index is 14.5. The van der Waals surface area contributed by atoms with Gasteiger partial charge in [-0.1, -0.05) is 6.07 Å². The zero-order chi connectivity index (χ0) is 36.3. The monoisotopic (exact) mass is 720 g/mol. The maximum Gasteiger partial charge on any atom is 0.417 e. The second-order valence-electron chi connectivity index (χ2n) is 11.8. The van der Waals surface area contributed by atoms with Gasteiger partial charge in [-0.15, -0.1) is 0 Å². The van der Waals surface area contributed by atoms with Gasteiger partial charge >= 0.3 is 18.9 Å². The van der Waals surface area contributed by atoms with E-state index in [4.69, 9.17) is 9.47 Å². The number of amides is 1. The number of carbonyl (C=O) groups is 1. The lowest BCUT2D eigenvalue weighted by Crippen LogP contribution is -2.50. The Bertz CT molecular complexity index is 1760. The summed E-state index contributed by atoms with van der Waals surface area (Å²) >= 11 is 0. The topological polar surface area (TPSA) is 122 Å². The summed E-state index contributed by atoms with van der Waals surface area (Å²) in [6.45, 7) is 1.52. The van der Waals surface area contributed by atoms with Crippen LogP contribution in [0.2, 0.25) is 0 Å². The summed E-state index contributed by atoms with van der Waals surface area (Å²) in [4.78, 5) is 18.4. The number of ether oxygens (including phenoxy) is 3. The summed E-state index contributed by atoms with van der Waals surface area (Å²) in [5.74, 6) is -2.13. The van der Waals surface area contributed by atoms with Gasteiger partial charge in [0.2, 0.25) is 5.88 Å². The quantitative estimate of drug-likeness (QED) is 0.261. The number of piperazine rings is 1. The predicted octanol–water partition coefficient (Wildman–Crippen LogP) is 5.76. The van der Waals surface area contributed by atoms with Crippen LogP contribution < -0.4 is 18.7 Å². The molecule has 1 aliphatic heterocycles. The van der Waals surface area contributed by atoms with E-state index in [0.29, 0.717) is 16.6 Å². The van der Waals surface area contributed by atoms with Crippen LogP contribution in [0.4, 0.5) is 42.5 Å². The standard InChI is InChI=1S/C31H34F6N4O7S/c1-30(2,3)48-29(43)41-9-7-40(8-10-41)24-6-5-19(20-13-22(32)17-23(14-20)47-28(33)34)15-25(24)39(4)49(44,45)26-16-21(31(35,36)37)18-38-27(26)46-12-11-42/h5-6,13-18,28,42H,7-12H2,1-4H3. The molecule has 0 spiro atoms. The van der Waals surface area contributed by atoms with Crippen molar-refractivity contribution in [3.05, 3.63) is 60.0 Å². The average molecular weight is 721 g/mol. The van der Waals surface area contributed by atoms with Gasteiger partial charge in [0, 0.05) is 45.5 Å². The number of sulfonamides is 1. The lowest BCUT2D eigenvalue weighted by molar-refractivity contribution is -0.138. The number of benzene rings is 2. The van der Waals surface area contributed by atoms with Gasteiger partial charge in [0.15, 0.2) is 4.90 Å². The van der Waals surface area contributed by atoms with Crippen LogP contribution >= 0.6 is 0 Å². The minimum absolute atomic E-state index is 0.0247. The first-order valence-electron chi connectivity index (χ1n) is 14.7. The van der Waals surface area contributed by atoms with Crippen LogP contribution in [0.1, 0.15) is 26.3 Å². The molecule has 1 aromatic heterocycles. The molecular formula is C31H34F6N4O7S. The van der Waals surface area contributed by atoms with Crippen LogP contribution in [0.5, 0.6) is 11.6 Å². The SMILES string of the molecule is CN(c1cc(-c2cc(F)cc(OC(F)F)c2)ccc1N1CCN(C(=O)OC(C)(C)C)CC1)S(=O)(=O)c1cc(C(F)(F)F)cnc1OCCO. The number of aliphatic hydroxyl groups excluding tert-OH is 1. The third-order valence-corrected chi connectivity index (χ3v) is 8.90. The normalized spacial score (nSPS) is 14.2. The first-order valence-corrected chi connectivity index (χ1v) is 16.2. The second kappa shape index (κ2) is 14.6. The first-order chi connectivity index (χ1) is 22.8. The summed E-state index contributed by atoms with van der Waals surface area (Å²) in [7, 11) is -3.85. The highest BCUT2D eigenvalue weighted by atomic mass is 32.2. The van der Waals surface area contributed by atoms with Gasteiger partial charge in [-0.05, 0) is 62.2 Å². The van der Waals surface area contributed by atoms with E-state index in [0.717, 1.165) is 25.2 Å². The molecule has 0 saturated carbocycles. The van der Waals surface area contributed by atoms with Crippen molar-refractivity contribution in [1.29, 1.82) is 0 Å². The van der Waals surface area contributed by atoms with E-state index >= 15 is 0 Å². The van der Waals surface area contributed by atoms with Gasteiger partial charge in [0.25, 0.3) is 10.0 Å². The highest BCUT2D eigenvalue weighted by Crippen LogP contribution is 2.40. The van der Waals surface area contributed by atoms with E-state index in [1.54, 1.807) is 25.7 Å². The summed E-state index contributed by atoms with van der Waals surface area (Å²) in [5.41, 5.74) is -1.80. The van der Waals surface area contributed by atoms with Gasteiger partial charge in [-0.25, -0.2) is 22.6 Å². The number of aromatic nitrogens is 1. The Kier molecular flexibility index (Phi) is 11.1. The van der Waals surface area contributed by atoms with Crippen molar-refractivity contribution in [3.63, 3.8) is 0 Å². The van der Waals surface area contributed by atoms with Gasteiger partial charge in [-0.3, -0.25) is 4.31 Å². The first kappa shape index (κ1) is 37.4. The average Bonchev–Trinajstić information content (AvgIpc) is 3.01. The molecule has 1 amide bonds. The molecule has 1 fully saturated rings. The van der Waals surface area contributed by atoms with Crippen LogP contribution in [0.25, 0.3) is 11.1 Å². The Morgan fingerprint density at radius 2 is 1.69 bits per heavy atom. The Labute approximate surface area is 278 Å². The molecule has 0 bridgehead atoms. The number of alkyl halides is 5. The number of pyridine rings is 1. The molecular weight excluding hydrogens is 686 g/mol. The predicted molar refractivity (Wildman–Crippen MR) is 166 cm³/mol. The third kappa shape index (κ3) is 9.17. The van der Waals surface area contributed by atoms with Crippen LogP contribution in [0.15, 0.2) is 53.6 Å². The van der Waals surface area contributed by atoms with E-state index < -0.39 is 75.6 Å². The number of hydrogen-bond acceptors (Lipinski definition) is 9. The highest BCUT2D eigenvalue weighted by molar-refractivity contribution is 7.93. The Balaban J connectivity index is 1.82. The fraction of sp³-hybridized carbons (Fsp3) is 0.419. The molecule has 1 N–H and O–H groups in total. The number of carbonyl (C=O) groups excluding carboxylic acids is 1. The Morgan fingerprint density at radius 1 is 1.02 bits per heavy atom. The number of hydrogen-bond donors (Lipinski definition) is 1. The van der Waals surface area contributed by atoms with E-state index in [1.165, 1.54) is 23.1 Å². The van der Waals surface area contributed by atoms with Crippen molar-refractivity contribution in [2.75, 3.05) is 55.6 Å². The molecule has 0 unspecified atom stereocenters. The molecule has 18 heteroatoms. The number of aliphatic hydroxyl groups is 1. The van der Waals surface area contributed by atoms with Crippen LogP contribution in [0, 0.1) is 5.82 Å². The summed E-state index contributed by atoms with van der Waals surface area (Å²) in [6.07, 6.45) is -5.13. The van der Waals surface area contributed by atoms with Crippen LogP contribution in [0.3, 0.4) is 0 Å². The van der Waals surface area contributed by atoms with Crippen molar-refractivity contribution in [1.82, 2.24) is 9.88 Å².